The maximum Gasteiger partial charge on any atom is 0.261 e. The van der Waals surface area contributed by atoms with Gasteiger partial charge in [0.1, 0.15) is 17.5 Å². The van der Waals surface area contributed by atoms with Gasteiger partial charge in [0.15, 0.2) is 0 Å². The lowest BCUT2D eigenvalue weighted by Crippen LogP contribution is -2.28. The number of hydrazone groups is 1. The molecule has 1 aromatic heterocycles. The van der Waals surface area contributed by atoms with E-state index in [0.717, 1.165) is 4.79 Å². The Balaban J connectivity index is 2.06. The highest BCUT2D eigenvalue weighted by Gasteiger charge is 2.32. The summed E-state index contributed by atoms with van der Waals surface area (Å²) in [5.41, 5.74) is 3.48. The molecule has 2 aromatic carbocycles. The maximum atomic E-state index is 13.3. The number of hydrogen-bond donors (Lipinski definition) is 3. The molecule has 2 atom stereocenters. The number of ketones is 1. The van der Waals surface area contributed by atoms with Gasteiger partial charge in [-0.3, -0.25) is 9.89 Å². The fourth-order valence-corrected chi connectivity index (χ4v) is 2.98. The highest BCUT2D eigenvalue weighted by Crippen LogP contribution is 2.24. The van der Waals surface area contributed by atoms with E-state index in [1.807, 2.05) is 6.07 Å². The van der Waals surface area contributed by atoms with E-state index < -0.39 is 17.6 Å². The quantitative estimate of drug-likeness (QED) is 0.232. The molecule has 0 saturated heterocycles. The van der Waals surface area contributed by atoms with Crippen LogP contribution in [0.5, 0.6) is 0 Å². The minimum atomic E-state index is -1.13. The van der Waals surface area contributed by atoms with Crippen molar-refractivity contribution in [3.8, 4) is 12.1 Å². The third-order valence-corrected chi connectivity index (χ3v) is 4.42. The lowest BCUT2D eigenvalue weighted by Gasteiger charge is -2.15. The Hall–Kier alpha value is -4.28. The van der Waals surface area contributed by atoms with Crippen LogP contribution in [0.3, 0.4) is 0 Å². The number of H-pyrrole nitrogens is 1. The van der Waals surface area contributed by atoms with Crippen LogP contribution in [-0.2, 0) is 4.79 Å². The number of nitrogens with one attached hydrogen (secondary N) is 2. The number of Topliss-reactive ketones (excluding diaryl/α,β-unsaturated/α-hetero) is 1. The van der Waals surface area contributed by atoms with Crippen LogP contribution in [0.4, 0.5) is 5.95 Å². The number of nitrogen functional groups attached to an aromatic ring is 1. The van der Waals surface area contributed by atoms with Crippen molar-refractivity contribution in [3.63, 3.8) is 0 Å². The van der Waals surface area contributed by atoms with E-state index in [1.165, 1.54) is 0 Å². The number of carbonyl (C=O) groups is 1. The first kappa shape index (κ1) is 20.5. The fourth-order valence-electron chi connectivity index (χ4n) is 2.80. The number of carbonyl (C=O) groups excluding carboxylic acids is 1. The van der Waals surface area contributed by atoms with E-state index in [2.05, 4.69) is 26.7 Å². The number of nitriles is 2. The number of nitrogens with zero attached hydrogens (tertiary/aromatic N) is 5. The molecule has 30 heavy (non-hydrogen) atoms. The second-order valence-corrected chi connectivity index (χ2v) is 6.53. The number of anilines is 1. The monoisotopic (exact) mass is 416 g/mol. The van der Waals surface area contributed by atoms with E-state index in [4.69, 9.17) is 18.1 Å². The summed E-state index contributed by atoms with van der Waals surface area (Å²) in [5.74, 6) is 2.99. The molecular weight excluding hydrogens is 400 g/mol. The molecule has 0 fully saturated rings. The van der Waals surface area contributed by atoms with Crippen LogP contribution in [0.2, 0.25) is 0 Å². The second-order valence-electron chi connectivity index (χ2n) is 6.14. The van der Waals surface area contributed by atoms with E-state index in [9.17, 15) is 15.3 Å². The van der Waals surface area contributed by atoms with Crippen LogP contribution in [0.25, 0.3) is 0 Å². The van der Waals surface area contributed by atoms with Crippen molar-refractivity contribution in [3.05, 3.63) is 76.6 Å². The largest absolute Gasteiger partial charge is 0.321 e. The maximum absolute atomic E-state index is 13.3. The number of nitrogens with two attached hydrogens (primary N) is 1. The molecule has 3 aromatic rings. The summed E-state index contributed by atoms with van der Waals surface area (Å²) < 4.78 is 0.113. The zero-order valence-corrected chi connectivity index (χ0v) is 16.4. The van der Waals surface area contributed by atoms with E-state index in [-0.39, 0.29) is 16.4 Å². The Morgan fingerprint density at radius 2 is 1.60 bits per heavy atom. The second kappa shape index (κ2) is 9.28. The molecule has 148 valence electrons. The van der Waals surface area contributed by atoms with Crippen LogP contribution >= 0.6 is 12.2 Å². The van der Waals surface area contributed by atoms with Gasteiger partial charge in [-0.05, 0) is 23.3 Å². The van der Waals surface area contributed by atoms with Crippen LogP contribution < -0.4 is 11.3 Å². The Morgan fingerprint density at radius 1 is 1.07 bits per heavy atom. The van der Waals surface area contributed by atoms with Crippen molar-refractivity contribution in [2.75, 3.05) is 11.3 Å². The van der Waals surface area contributed by atoms with Crippen molar-refractivity contribution in [2.24, 2.45) is 5.10 Å². The number of hydrogen-bond acceptors (Lipinski definition) is 8. The molecule has 3 rings (SSSR count). The molecule has 4 N–H and O–H groups in total. The number of aromatic nitrogens is 3. The molecular formula is C20H16N8OS. The van der Waals surface area contributed by atoms with Gasteiger partial charge >= 0.3 is 0 Å². The molecule has 9 nitrogen and oxygen atoms in total. The average molecular weight is 416 g/mol. The van der Waals surface area contributed by atoms with Gasteiger partial charge in [-0.15, -0.1) is 0 Å². The Bertz CT molecular complexity index is 1200. The van der Waals surface area contributed by atoms with Crippen LogP contribution in [0.1, 0.15) is 23.0 Å². The first-order valence-electron chi connectivity index (χ1n) is 8.76. The summed E-state index contributed by atoms with van der Waals surface area (Å²) in [6.45, 7) is 0. The van der Waals surface area contributed by atoms with Gasteiger partial charge in [0, 0.05) is 0 Å². The predicted molar refractivity (Wildman–Crippen MR) is 113 cm³/mol. The molecule has 0 aliphatic carbocycles. The van der Waals surface area contributed by atoms with Gasteiger partial charge in [-0.2, -0.15) is 25.4 Å². The molecule has 0 aliphatic heterocycles. The van der Waals surface area contributed by atoms with Gasteiger partial charge in [0.05, 0.1) is 12.1 Å². The van der Waals surface area contributed by atoms with Crippen LogP contribution in [-0.4, -0.2) is 26.4 Å². The fraction of sp³-hybridized carbons (Fsp3) is 0.100. The average Bonchev–Trinajstić information content (AvgIpc) is 3.09. The first-order valence-corrected chi connectivity index (χ1v) is 9.17. The number of rotatable bonds is 7. The minimum Gasteiger partial charge on any atom is -0.321 e. The molecule has 1 heterocycles. The summed E-state index contributed by atoms with van der Waals surface area (Å²) in [7, 11) is 0. The van der Waals surface area contributed by atoms with Gasteiger partial charge in [-0.1, -0.05) is 60.7 Å². The molecule has 0 bridgehead atoms. The van der Waals surface area contributed by atoms with E-state index >= 15 is 0 Å². The third kappa shape index (κ3) is 4.41. The normalized spacial score (nSPS) is 12.9. The zero-order chi connectivity index (χ0) is 21.5. The molecule has 2 unspecified atom stereocenters. The van der Waals surface area contributed by atoms with Gasteiger partial charge in [-0.25, -0.2) is 5.43 Å². The minimum absolute atomic E-state index is 0.0447. The summed E-state index contributed by atoms with van der Waals surface area (Å²) in [5, 5.41) is 26.2. The van der Waals surface area contributed by atoms with E-state index in [1.54, 1.807) is 60.7 Å². The van der Waals surface area contributed by atoms with Gasteiger partial charge < -0.3 is 5.84 Å². The standard InChI is InChI=1S/C20H16N8OS/c21-11-15(13-7-3-1-4-8-13)17(25-26-19-24-20(30)27-28(19)23)18(29)16(12-22)14-9-5-2-6-10-14/h1-10,15-16H,23H2,(H2,24,26,27,30)/b25-17+. The van der Waals surface area contributed by atoms with Gasteiger partial charge in [0.25, 0.3) is 5.95 Å². The zero-order valence-electron chi connectivity index (χ0n) is 15.6. The highest BCUT2D eigenvalue weighted by molar-refractivity contribution is 7.71. The number of benzene rings is 2. The molecule has 10 heteroatoms. The lowest BCUT2D eigenvalue weighted by molar-refractivity contribution is -0.113. The highest BCUT2D eigenvalue weighted by atomic mass is 32.1. The summed E-state index contributed by atoms with van der Waals surface area (Å²) >= 11 is 4.91. The van der Waals surface area contributed by atoms with Crippen molar-refractivity contribution >= 4 is 29.7 Å². The molecule has 0 radical (unpaired) electrons. The summed E-state index contributed by atoms with van der Waals surface area (Å²) in [4.78, 5) is 18.3. The van der Waals surface area contributed by atoms with Crippen molar-refractivity contribution in [2.45, 2.75) is 11.8 Å². The summed E-state index contributed by atoms with van der Waals surface area (Å²) in [6, 6.07) is 21.4. The first-order chi connectivity index (χ1) is 14.5. The van der Waals surface area contributed by atoms with Gasteiger partial charge in [0.2, 0.25) is 10.6 Å². The van der Waals surface area contributed by atoms with Crippen molar-refractivity contribution < 1.29 is 4.79 Å². The lowest BCUT2D eigenvalue weighted by atomic mass is 9.86. The van der Waals surface area contributed by atoms with Crippen LogP contribution in [0.15, 0.2) is 65.8 Å². The predicted octanol–water partition coefficient (Wildman–Crippen LogP) is 2.61. The smallest absolute Gasteiger partial charge is 0.261 e. The van der Waals surface area contributed by atoms with Crippen LogP contribution in [0, 0.1) is 27.4 Å². The molecule has 0 spiro atoms. The summed E-state index contributed by atoms with van der Waals surface area (Å²) in [6.07, 6.45) is 0. The van der Waals surface area contributed by atoms with Crippen molar-refractivity contribution in [1.29, 1.82) is 10.5 Å². The molecule has 0 aliphatic rings. The topological polar surface area (TPSA) is 149 Å². The molecule has 0 saturated carbocycles. The third-order valence-electron chi connectivity index (χ3n) is 4.24. The molecule has 0 amide bonds. The number of aromatic amines is 1. The van der Waals surface area contributed by atoms with E-state index in [0.29, 0.717) is 11.1 Å². The Labute approximate surface area is 177 Å². The Kier molecular flexibility index (Phi) is 6.33. The SMILES string of the molecule is N#CC(C(=O)/C(=N/Nc1nc(=S)[nH]n1N)C(C#N)c1ccccc1)c1ccccc1. The Morgan fingerprint density at radius 3 is 2.07 bits per heavy atom. The van der Waals surface area contributed by atoms with Crippen molar-refractivity contribution in [1.82, 2.24) is 14.9 Å².